The first kappa shape index (κ1) is 23.4. The molecule has 4 heterocycles. The van der Waals surface area contributed by atoms with E-state index in [0.717, 1.165) is 38.9 Å². The van der Waals surface area contributed by atoms with E-state index in [1.807, 2.05) is 12.1 Å². The molecular weight excluding hydrogens is 446 g/mol. The van der Waals surface area contributed by atoms with Crippen LogP contribution in [0.4, 0.5) is 0 Å². The molecule has 0 saturated carbocycles. The van der Waals surface area contributed by atoms with Gasteiger partial charge in [-0.3, -0.25) is 4.79 Å². The maximum absolute atomic E-state index is 13.2. The Morgan fingerprint density at radius 2 is 2.09 bits per heavy atom. The zero-order valence-corrected chi connectivity index (χ0v) is 20.6. The third kappa shape index (κ3) is 4.77. The van der Waals surface area contributed by atoms with E-state index in [0.29, 0.717) is 57.6 Å². The molecule has 186 valence electrons. The highest BCUT2D eigenvalue weighted by Gasteiger charge is 2.28. The summed E-state index contributed by atoms with van der Waals surface area (Å²) in [5, 5.41) is 3.21. The average molecular weight is 480 g/mol. The predicted molar refractivity (Wildman–Crippen MR) is 133 cm³/mol. The van der Waals surface area contributed by atoms with Crippen LogP contribution < -0.4 is 19.5 Å². The van der Waals surface area contributed by atoms with E-state index >= 15 is 0 Å². The summed E-state index contributed by atoms with van der Waals surface area (Å²) in [6.07, 6.45) is 5.96. The number of aromatic nitrogens is 3. The Balaban J connectivity index is 1.41. The number of nitrogens with zero attached hydrogens (tertiary/aromatic N) is 3. The lowest BCUT2D eigenvalue weighted by molar-refractivity contribution is 0.0909. The van der Waals surface area contributed by atoms with Gasteiger partial charge in [-0.1, -0.05) is 20.8 Å². The van der Waals surface area contributed by atoms with Crippen LogP contribution >= 0.6 is 0 Å². The molecular formula is C26H33N5O4. The summed E-state index contributed by atoms with van der Waals surface area (Å²) in [5.74, 6) is 2.42. The molecule has 9 nitrogen and oxygen atoms in total. The van der Waals surface area contributed by atoms with Gasteiger partial charge in [-0.05, 0) is 37.3 Å². The maximum Gasteiger partial charge on any atom is 0.255 e. The van der Waals surface area contributed by atoms with Crippen molar-refractivity contribution in [3.05, 3.63) is 30.2 Å². The first-order valence-electron chi connectivity index (χ1n) is 12.5. The van der Waals surface area contributed by atoms with Crippen LogP contribution in [0.15, 0.2) is 24.7 Å². The van der Waals surface area contributed by atoms with E-state index in [1.54, 1.807) is 6.20 Å². The molecule has 0 radical (unpaired) electrons. The van der Waals surface area contributed by atoms with Crippen LogP contribution in [0.25, 0.3) is 22.3 Å². The van der Waals surface area contributed by atoms with Gasteiger partial charge in [0.1, 0.15) is 23.3 Å². The van der Waals surface area contributed by atoms with Crippen molar-refractivity contribution in [1.29, 1.82) is 0 Å². The molecule has 2 aliphatic rings. The summed E-state index contributed by atoms with van der Waals surface area (Å²) in [5.41, 5.74) is 3.06. The van der Waals surface area contributed by atoms with Crippen molar-refractivity contribution in [3.63, 3.8) is 0 Å². The lowest BCUT2D eigenvalue weighted by atomic mass is 10.0. The third-order valence-electron chi connectivity index (χ3n) is 6.45. The average Bonchev–Trinajstić information content (AvgIpc) is 3.50. The monoisotopic (exact) mass is 479 g/mol. The summed E-state index contributed by atoms with van der Waals surface area (Å²) in [7, 11) is 0. The number of ether oxygens (including phenoxy) is 3. The second kappa shape index (κ2) is 10.1. The Morgan fingerprint density at radius 3 is 2.86 bits per heavy atom. The van der Waals surface area contributed by atoms with Gasteiger partial charge in [0.05, 0.1) is 23.3 Å². The van der Waals surface area contributed by atoms with E-state index in [2.05, 4.69) is 45.9 Å². The highest BCUT2D eigenvalue weighted by molar-refractivity contribution is 6.08. The molecule has 1 fully saturated rings. The highest BCUT2D eigenvalue weighted by Crippen LogP contribution is 2.47. The van der Waals surface area contributed by atoms with Crippen LogP contribution in [-0.2, 0) is 0 Å². The van der Waals surface area contributed by atoms with E-state index in [9.17, 15) is 4.79 Å². The Hall–Kier alpha value is -3.33. The first-order chi connectivity index (χ1) is 17.0. The van der Waals surface area contributed by atoms with E-state index in [1.165, 1.54) is 6.33 Å². The molecule has 1 amide bonds. The lowest BCUT2D eigenvalue weighted by Crippen LogP contribution is -2.45. The number of amides is 1. The summed E-state index contributed by atoms with van der Waals surface area (Å²) < 4.78 is 17.4. The molecule has 1 saturated heterocycles. The fourth-order valence-electron chi connectivity index (χ4n) is 4.85. The fourth-order valence-corrected chi connectivity index (χ4v) is 4.85. The van der Waals surface area contributed by atoms with Crippen LogP contribution in [-0.4, -0.2) is 64.8 Å². The number of H-pyrrole nitrogens is 1. The van der Waals surface area contributed by atoms with Gasteiger partial charge in [-0.2, -0.15) is 0 Å². The number of carbonyl (C=O) groups is 1. The molecule has 1 aromatic carbocycles. The lowest BCUT2D eigenvalue weighted by Gasteiger charge is -2.33. The Kier molecular flexibility index (Phi) is 6.77. The number of benzene rings is 1. The number of rotatable bonds is 8. The van der Waals surface area contributed by atoms with Gasteiger partial charge in [0.25, 0.3) is 5.91 Å². The Labute approximate surface area is 205 Å². The molecule has 3 aromatic rings. The van der Waals surface area contributed by atoms with E-state index < -0.39 is 0 Å². The number of nitrogens with one attached hydrogen (secondary N) is 2. The van der Waals surface area contributed by atoms with Crippen molar-refractivity contribution in [2.24, 2.45) is 5.92 Å². The molecule has 0 atom stereocenters. The number of piperidine rings is 1. The zero-order chi connectivity index (χ0) is 24.4. The van der Waals surface area contributed by atoms with Gasteiger partial charge in [0, 0.05) is 31.9 Å². The van der Waals surface area contributed by atoms with E-state index in [4.69, 9.17) is 14.2 Å². The maximum atomic E-state index is 13.2. The van der Waals surface area contributed by atoms with Gasteiger partial charge >= 0.3 is 0 Å². The minimum atomic E-state index is -0.122. The molecule has 0 spiro atoms. The van der Waals surface area contributed by atoms with Gasteiger partial charge in [0.15, 0.2) is 11.5 Å². The molecule has 0 aliphatic carbocycles. The van der Waals surface area contributed by atoms with Gasteiger partial charge in [-0.15, -0.1) is 0 Å². The largest absolute Gasteiger partial charge is 0.493 e. The standard InChI is InChI=1S/C26H33N5O4/c1-4-11-33-19-5-6-20-25(35-15-34-20)21(19)23-24-22(28-14-29-23)18(12-27-24)26(32)30-17-7-9-31(10-8-17)13-16(2)3/h5-6,12,14,16-17,27H,4,7-11,13,15H2,1-3H3,(H,30,32). The summed E-state index contributed by atoms with van der Waals surface area (Å²) >= 11 is 0. The normalized spacial score (nSPS) is 16.2. The third-order valence-corrected chi connectivity index (χ3v) is 6.45. The number of aromatic amines is 1. The van der Waals surface area contributed by atoms with Crippen molar-refractivity contribution in [3.8, 4) is 28.5 Å². The van der Waals surface area contributed by atoms with Crippen molar-refractivity contribution in [2.75, 3.05) is 33.0 Å². The smallest absolute Gasteiger partial charge is 0.255 e. The molecule has 2 aromatic heterocycles. The van der Waals surface area contributed by atoms with Crippen LogP contribution in [0.1, 0.15) is 50.4 Å². The van der Waals surface area contributed by atoms with Crippen LogP contribution in [0.5, 0.6) is 17.2 Å². The van der Waals surface area contributed by atoms with Crippen molar-refractivity contribution >= 4 is 16.9 Å². The molecule has 35 heavy (non-hydrogen) atoms. The molecule has 2 N–H and O–H groups in total. The molecule has 9 heteroatoms. The van der Waals surface area contributed by atoms with Crippen LogP contribution in [0.2, 0.25) is 0 Å². The number of fused-ring (bicyclic) bond motifs is 2. The van der Waals surface area contributed by atoms with Gasteiger partial charge < -0.3 is 29.4 Å². The topological polar surface area (TPSA) is 102 Å². The van der Waals surface area contributed by atoms with Crippen molar-refractivity contribution in [1.82, 2.24) is 25.2 Å². The van der Waals surface area contributed by atoms with Crippen LogP contribution in [0.3, 0.4) is 0 Å². The molecule has 0 unspecified atom stereocenters. The van der Waals surface area contributed by atoms with Crippen molar-refractivity contribution in [2.45, 2.75) is 46.1 Å². The number of carbonyl (C=O) groups excluding carboxylic acids is 1. The van der Waals surface area contributed by atoms with Crippen LogP contribution in [0, 0.1) is 5.92 Å². The zero-order valence-electron chi connectivity index (χ0n) is 20.6. The quantitative estimate of drug-likeness (QED) is 0.504. The Bertz CT molecular complexity index is 1200. The second-order valence-corrected chi connectivity index (χ2v) is 9.61. The second-order valence-electron chi connectivity index (χ2n) is 9.61. The molecule has 0 bridgehead atoms. The first-order valence-corrected chi connectivity index (χ1v) is 12.5. The summed E-state index contributed by atoms with van der Waals surface area (Å²) in [6, 6.07) is 3.87. The summed E-state index contributed by atoms with van der Waals surface area (Å²) in [4.78, 5) is 27.9. The SMILES string of the molecule is CCCOc1ccc2c(c1-c1ncnc3c(C(=O)NC4CCN(CC(C)C)CC4)c[nH]c13)OCO2. The number of hydrogen-bond donors (Lipinski definition) is 2. The van der Waals surface area contributed by atoms with Gasteiger partial charge in [-0.25, -0.2) is 9.97 Å². The molecule has 2 aliphatic heterocycles. The number of likely N-dealkylation sites (tertiary alicyclic amines) is 1. The van der Waals surface area contributed by atoms with Crippen molar-refractivity contribution < 1.29 is 19.0 Å². The number of hydrogen-bond acceptors (Lipinski definition) is 7. The predicted octanol–water partition coefficient (Wildman–Crippen LogP) is 3.99. The molecule has 5 rings (SSSR count). The fraction of sp³-hybridized carbons (Fsp3) is 0.500. The van der Waals surface area contributed by atoms with Gasteiger partial charge in [0.2, 0.25) is 6.79 Å². The highest BCUT2D eigenvalue weighted by atomic mass is 16.7. The minimum Gasteiger partial charge on any atom is -0.493 e. The minimum absolute atomic E-state index is 0.122. The van der Waals surface area contributed by atoms with E-state index in [-0.39, 0.29) is 18.7 Å². The summed E-state index contributed by atoms with van der Waals surface area (Å²) in [6.45, 7) is 10.4. The Morgan fingerprint density at radius 1 is 1.26 bits per heavy atom.